The van der Waals surface area contributed by atoms with Crippen molar-refractivity contribution in [3.05, 3.63) is 75.6 Å². The van der Waals surface area contributed by atoms with Gasteiger partial charge in [-0.15, -0.1) is 0 Å². The molecule has 4 unspecified atom stereocenters. The van der Waals surface area contributed by atoms with E-state index in [2.05, 4.69) is 19.8 Å². The molecule has 16 heteroatoms. The Kier molecular flexibility index (Phi) is 14.0. The van der Waals surface area contributed by atoms with E-state index in [1.54, 1.807) is 35.6 Å². The summed E-state index contributed by atoms with van der Waals surface area (Å²) in [6, 6.07) is 8.34. The highest BCUT2D eigenvalue weighted by atomic mass is 31.2. The number of anilines is 1. The average molecular weight is 681 g/mol. The number of halogens is 3. The zero-order valence-electron chi connectivity index (χ0n) is 26.9. The van der Waals surface area contributed by atoms with Gasteiger partial charge in [0.2, 0.25) is 6.54 Å². The zero-order chi connectivity index (χ0) is 34.7. The van der Waals surface area contributed by atoms with Crippen LogP contribution in [0.4, 0.5) is 19.0 Å². The van der Waals surface area contributed by atoms with E-state index in [1.807, 2.05) is 34.6 Å². The molecule has 0 saturated carbocycles. The Morgan fingerprint density at radius 3 is 2.51 bits per heavy atom. The zero-order valence-corrected chi connectivity index (χ0v) is 27.8. The SMILES string of the molecule is [C-]#[N+]CCOP(OC1CC(n2cc(/C=C/CNC(=O)C(F)(F)F)c(NC(=O)c3ccccc3)nc2=O)OC1CC)N(C(C)C)C(C)C. The number of ether oxygens (including phenoxy) is 1. The number of carbonyl (C=O) groups is 2. The smallest absolute Gasteiger partial charge is 0.352 e. The van der Waals surface area contributed by atoms with Crippen LogP contribution in [0.25, 0.3) is 10.9 Å². The van der Waals surface area contributed by atoms with Crippen LogP contribution in [0.1, 0.15) is 69.6 Å². The van der Waals surface area contributed by atoms with E-state index in [9.17, 15) is 27.6 Å². The van der Waals surface area contributed by atoms with Crippen molar-refractivity contribution in [2.45, 2.75) is 84.2 Å². The molecule has 4 atom stereocenters. The van der Waals surface area contributed by atoms with Crippen LogP contribution in [0.5, 0.6) is 0 Å². The second-order valence-corrected chi connectivity index (χ2v) is 12.5. The predicted molar refractivity (Wildman–Crippen MR) is 171 cm³/mol. The number of nitrogens with zero attached hydrogens (tertiary/aromatic N) is 4. The summed E-state index contributed by atoms with van der Waals surface area (Å²) in [6.45, 7) is 17.0. The Morgan fingerprint density at radius 1 is 1.23 bits per heavy atom. The van der Waals surface area contributed by atoms with E-state index in [4.69, 9.17) is 20.4 Å². The first-order chi connectivity index (χ1) is 22.3. The van der Waals surface area contributed by atoms with Crippen molar-refractivity contribution in [3.63, 3.8) is 0 Å². The van der Waals surface area contributed by atoms with Crippen molar-refractivity contribution < 1.29 is 36.5 Å². The summed E-state index contributed by atoms with van der Waals surface area (Å²) in [7, 11) is -1.59. The van der Waals surface area contributed by atoms with Crippen molar-refractivity contribution in [1.82, 2.24) is 19.5 Å². The summed E-state index contributed by atoms with van der Waals surface area (Å²) in [6.07, 6.45) is -2.01. The lowest BCUT2D eigenvalue weighted by atomic mass is 10.1. The third kappa shape index (κ3) is 10.7. The van der Waals surface area contributed by atoms with E-state index < -0.39 is 57.2 Å². The normalized spacial score (nSPS) is 19.0. The molecule has 2 N–H and O–H groups in total. The molecule has 2 amide bonds. The van der Waals surface area contributed by atoms with Crippen LogP contribution in [0, 0.1) is 6.57 Å². The van der Waals surface area contributed by atoms with Gasteiger partial charge >= 0.3 is 17.8 Å². The van der Waals surface area contributed by atoms with Crippen LogP contribution in [-0.4, -0.2) is 76.2 Å². The molecule has 2 aromatic rings. The minimum atomic E-state index is -5.05. The van der Waals surface area contributed by atoms with Gasteiger partial charge in [0.25, 0.3) is 14.4 Å². The minimum absolute atomic E-state index is 0.0768. The first-order valence-electron chi connectivity index (χ1n) is 15.1. The Balaban J connectivity index is 1.92. The molecule has 1 saturated heterocycles. The Morgan fingerprint density at radius 2 is 1.91 bits per heavy atom. The van der Waals surface area contributed by atoms with Crippen LogP contribution < -0.4 is 16.3 Å². The average Bonchev–Trinajstić information content (AvgIpc) is 3.42. The molecular weight excluding hydrogens is 640 g/mol. The van der Waals surface area contributed by atoms with Crippen LogP contribution in [0.3, 0.4) is 0 Å². The molecule has 2 heterocycles. The number of amides is 2. The fourth-order valence-electron chi connectivity index (χ4n) is 4.87. The van der Waals surface area contributed by atoms with Crippen LogP contribution >= 0.6 is 8.53 Å². The molecule has 256 valence electrons. The van der Waals surface area contributed by atoms with Crippen molar-refractivity contribution in [2.24, 2.45) is 0 Å². The number of hydrogen-bond donors (Lipinski definition) is 2. The maximum absolute atomic E-state index is 13.3. The fourth-order valence-corrected chi connectivity index (χ4v) is 6.62. The van der Waals surface area contributed by atoms with Crippen LogP contribution in [0.2, 0.25) is 0 Å². The van der Waals surface area contributed by atoms with Gasteiger partial charge in [-0.2, -0.15) is 18.2 Å². The van der Waals surface area contributed by atoms with Crippen molar-refractivity contribution in [3.8, 4) is 0 Å². The first kappa shape index (κ1) is 37.8. The molecule has 1 fully saturated rings. The van der Waals surface area contributed by atoms with Crippen molar-refractivity contribution in [1.29, 1.82) is 0 Å². The Hall–Kier alpha value is -3.67. The number of alkyl halides is 3. The maximum atomic E-state index is 13.3. The molecule has 1 aromatic carbocycles. The maximum Gasteiger partial charge on any atom is 0.471 e. The van der Waals surface area contributed by atoms with Gasteiger partial charge in [0, 0.05) is 42.4 Å². The van der Waals surface area contributed by atoms with E-state index in [-0.39, 0.29) is 43.0 Å². The van der Waals surface area contributed by atoms with Gasteiger partial charge in [-0.3, -0.25) is 14.2 Å². The molecule has 1 aliphatic rings. The van der Waals surface area contributed by atoms with Gasteiger partial charge in [-0.05, 0) is 46.2 Å². The quantitative estimate of drug-likeness (QED) is 0.142. The predicted octanol–water partition coefficient (Wildman–Crippen LogP) is 5.55. The highest BCUT2D eigenvalue weighted by molar-refractivity contribution is 7.44. The minimum Gasteiger partial charge on any atom is -0.352 e. The molecule has 47 heavy (non-hydrogen) atoms. The molecule has 12 nitrogen and oxygen atoms in total. The summed E-state index contributed by atoms with van der Waals surface area (Å²) in [5.41, 5.74) is -0.257. The number of hydrogen-bond acceptors (Lipinski definition) is 8. The standard InChI is InChI=1S/C31H40F3N6O6P/c1-7-24-25(46-47(44-17-16-35-6)40(20(2)3)21(4)5)18-26(45-24)39-19-23(14-11-15-36-29(42)31(32,33)34)27(38-30(39)43)37-28(41)22-12-9-8-10-13-22/h8-14,19-21,24-26H,7,15-18H2,1-5H3,(H,36,42)(H,37,38,41,43)/b14-11+. The summed E-state index contributed by atoms with van der Waals surface area (Å²) >= 11 is 0. The second-order valence-electron chi connectivity index (χ2n) is 11.1. The lowest BCUT2D eigenvalue weighted by Gasteiger charge is -2.37. The molecule has 0 radical (unpaired) electrons. The molecule has 3 rings (SSSR count). The Bertz CT molecular complexity index is 1470. The number of rotatable bonds is 15. The largest absolute Gasteiger partial charge is 0.471 e. The number of benzene rings is 1. The van der Waals surface area contributed by atoms with Crippen molar-refractivity contribution >= 4 is 32.2 Å². The van der Waals surface area contributed by atoms with Gasteiger partial charge in [0.1, 0.15) is 18.7 Å². The molecule has 1 aliphatic heterocycles. The van der Waals surface area contributed by atoms with E-state index >= 15 is 0 Å². The molecule has 0 spiro atoms. The lowest BCUT2D eigenvalue weighted by molar-refractivity contribution is -0.173. The van der Waals surface area contributed by atoms with Gasteiger partial charge < -0.3 is 29.3 Å². The molecule has 0 aliphatic carbocycles. The first-order valence-corrected chi connectivity index (χ1v) is 16.3. The number of nitrogens with one attached hydrogen (secondary N) is 2. The summed E-state index contributed by atoms with van der Waals surface area (Å²) in [5.74, 6) is -2.79. The monoisotopic (exact) mass is 680 g/mol. The molecule has 0 bridgehead atoms. The number of aromatic nitrogens is 2. The number of carbonyl (C=O) groups excluding carboxylic acids is 2. The fraction of sp³-hybridized carbons (Fsp3) is 0.516. The second kappa shape index (κ2) is 17.5. The summed E-state index contributed by atoms with van der Waals surface area (Å²) in [5, 5.41) is 4.33. The highest BCUT2D eigenvalue weighted by Crippen LogP contribution is 2.50. The molecular formula is C31H40F3N6O6P. The van der Waals surface area contributed by atoms with Gasteiger partial charge in [-0.25, -0.2) is 16.0 Å². The van der Waals surface area contributed by atoms with Crippen LogP contribution in [-0.2, 0) is 18.6 Å². The molecule has 1 aromatic heterocycles. The van der Waals surface area contributed by atoms with Crippen LogP contribution in [0.15, 0.2) is 47.4 Å². The Labute approximate surface area is 273 Å². The lowest BCUT2D eigenvalue weighted by Crippen LogP contribution is -2.36. The van der Waals surface area contributed by atoms with Gasteiger partial charge in [0.15, 0.2) is 0 Å². The van der Waals surface area contributed by atoms with E-state index in [0.717, 1.165) is 0 Å². The van der Waals surface area contributed by atoms with E-state index in [0.29, 0.717) is 12.0 Å². The van der Waals surface area contributed by atoms with Gasteiger partial charge in [0.05, 0.1) is 12.2 Å². The van der Waals surface area contributed by atoms with Gasteiger partial charge in [-0.1, -0.05) is 37.3 Å². The third-order valence-electron chi connectivity index (χ3n) is 6.95. The summed E-state index contributed by atoms with van der Waals surface area (Å²) < 4.78 is 60.1. The van der Waals surface area contributed by atoms with E-state index in [1.165, 1.54) is 22.9 Å². The highest BCUT2D eigenvalue weighted by Gasteiger charge is 2.41. The van der Waals surface area contributed by atoms with Crippen molar-refractivity contribution in [2.75, 3.05) is 25.0 Å². The third-order valence-corrected chi connectivity index (χ3v) is 9.11. The topological polar surface area (TPSA) is 128 Å². The summed E-state index contributed by atoms with van der Waals surface area (Å²) in [4.78, 5) is 44.9.